The van der Waals surface area contributed by atoms with Crippen LogP contribution in [-0.4, -0.2) is 35.8 Å². The smallest absolute Gasteiger partial charge is 0.133 e. The van der Waals surface area contributed by atoms with Gasteiger partial charge in [0.25, 0.3) is 0 Å². The van der Waals surface area contributed by atoms with Gasteiger partial charge in [-0.05, 0) is 38.7 Å². The van der Waals surface area contributed by atoms with Crippen molar-refractivity contribution >= 4 is 5.82 Å². The molecule has 0 amide bonds. The van der Waals surface area contributed by atoms with Crippen LogP contribution < -0.4 is 4.90 Å². The molecule has 4 nitrogen and oxygen atoms in total. The third-order valence-electron chi connectivity index (χ3n) is 3.71. The van der Waals surface area contributed by atoms with Gasteiger partial charge in [0.15, 0.2) is 0 Å². The summed E-state index contributed by atoms with van der Waals surface area (Å²) >= 11 is 0. The summed E-state index contributed by atoms with van der Waals surface area (Å²) in [6.07, 6.45) is 7.14. The lowest BCUT2D eigenvalue weighted by atomic mass is 10.1. The Morgan fingerprint density at radius 1 is 1.39 bits per heavy atom. The van der Waals surface area contributed by atoms with Gasteiger partial charge in [0.1, 0.15) is 11.6 Å². The number of nitrogens with zero attached hydrogens (tertiary/aromatic N) is 3. The summed E-state index contributed by atoms with van der Waals surface area (Å²) in [6.45, 7) is 4.92. The lowest BCUT2D eigenvalue weighted by Gasteiger charge is -2.33. The average Bonchev–Trinajstić information content (AvgIpc) is 3.24. The summed E-state index contributed by atoms with van der Waals surface area (Å²) in [4.78, 5) is 11.4. The highest BCUT2D eigenvalue weighted by Gasteiger charge is 2.28. The largest absolute Gasteiger partial charge is 0.377 e. The SMILES string of the molecule is CCOC1CCCN(c2ccnc(C3CC3)n2)C1. The van der Waals surface area contributed by atoms with E-state index in [4.69, 9.17) is 9.72 Å². The standard InChI is InChI=1S/C14H21N3O/c1-2-18-12-4-3-9-17(10-12)13-7-8-15-14(16-13)11-5-6-11/h7-8,11-12H,2-6,9-10H2,1H3. The van der Waals surface area contributed by atoms with Gasteiger partial charge in [-0.2, -0.15) is 0 Å². The molecule has 0 N–H and O–H groups in total. The number of aromatic nitrogens is 2. The Labute approximate surface area is 108 Å². The van der Waals surface area contributed by atoms with Gasteiger partial charge in [0.2, 0.25) is 0 Å². The zero-order valence-electron chi connectivity index (χ0n) is 11.0. The lowest BCUT2D eigenvalue weighted by Crippen LogP contribution is -2.40. The molecule has 0 spiro atoms. The zero-order valence-corrected chi connectivity index (χ0v) is 11.0. The molecule has 3 rings (SSSR count). The fraction of sp³-hybridized carbons (Fsp3) is 0.714. The van der Waals surface area contributed by atoms with Crippen LogP contribution in [0.2, 0.25) is 0 Å². The minimum atomic E-state index is 0.364. The fourth-order valence-electron chi connectivity index (χ4n) is 2.60. The molecule has 0 bridgehead atoms. The molecule has 1 saturated heterocycles. The third-order valence-corrected chi connectivity index (χ3v) is 3.71. The minimum absolute atomic E-state index is 0.364. The van der Waals surface area contributed by atoms with Gasteiger partial charge in [-0.25, -0.2) is 9.97 Å². The maximum Gasteiger partial charge on any atom is 0.133 e. The van der Waals surface area contributed by atoms with E-state index in [0.717, 1.165) is 31.3 Å². The van der Waals surface area contributed by atoms with E-state index < -0.39 is 0 Å². The zero-order chi connectivity index (χ0) is 12.4. The van der Waals surface area contributed by atoms with E-state index in [0.29, 0.717) is 12.0 Å². The topological polar surface area (TPSA) is 38.2 Å². The normalized spacial score (nSPS) is 24.3. The molecule has 1 aliphatic carbocycles. The summed E-state index contributed by atoms with van der Waals surface area (Å²) in [7, 11) is 0. The highest BCUT2D eigenvalue weighted by molar-refractivity contribution is 5.38. The molecule has 1 aliphatic heterocycles. The molecule has 0 aromatic carbocycles. The van der Waals surface area contributed by atoms with Gasteiger partial charge in [-0.15, -0.1) is 0 Å². The van der Waals surface area contributed by atoms with Gasteiger partial charge in [0, 0.05) is 31.8 Å². The Bertz CT molecular complexity index is 404. The summed E-state index contributed by atoms with van der Waals surface area (Å²) in [5, 5.41) is 0. The van der Waals surface area contributed by atoms with Crippen molar-refractivity contribution in [1.29, 1.82) is 0 Å². The fourth-order valence-corrected chi connectivity index (χ4v) is 2.60. The van der Waals surface area contributed by atoms with Crippen LogP contribution in [0.25, 0.3) is 0 Å². The molecule has 1 unspecified atom stereocenters. The number of anilines is 1. The van der Waals surface area contributed by atoms with Crippen molar-refractivity contribution in [3.8, 4) is 0 Å². The Hall–Kier alpha value is -1.16. The van der Waals surface area contributed by atoms with Crippen LogP contribution in [-0.2, 0) is 4.74 Å². The molecule has 98 valence electrons. The van der Waals surface area contributed by atoms with Crippen molar-refractivity contribution in [3.05, 3.63) is 18.1 Å². The predicted molar refractivity (Wildman–Crippen MR) is 70.9 cm³/mol. The van der Waals surface area contributed by atoms with E-state index in [1.54, 1.807) is 0 Å². The van der Waals surface area contributed by atoms with Crippen molar-refractivity contribution in [3.63, 3.8) is 0 Å². The van der Waals surface area contributed by atoms with Gasteiger partial charge in [-0.3, -0.25) is 0 Å². The van der Waals surface area contributed by atoms with E-state index in [-0.39, 0.29) is 0 Å². The molecule has 2 fully saturated rings. The molecular weight excluding hydrogens is 226 g/mol. The third kappa shape index (κ3) is 2.64. The quantitative estimate of drug-likeness (QED) is 0.818. The highest BCUT2D eigenvalue weighted by Crippen LogP contribution is 2.38. The molecule has 2 heterocycles. The molecular formula is C14H21N3O. The number of ether oxygens (including phenoxy) is 1. The van der Waals surface area contributed by atoms with Gasteiger partial charge in [0.05, 0.1) is 6.10 Å². The molecule has 1 saturated carbocycles. The van der Waals surface area contributed by atoms with E-state index in [9.17, 15) is 0 Å². The Kier molecular flexibility index (Phi) is 3.46. The van der Waals surface area contributed by atoms with Gasteiger partial charge in [-0.1, -0.05) is 0 Å². The summed E-state index contributed by atoms with van der Waals surface area (Å²) < 4.78 is 5.74. The van der Waals surface area contributed by atoms with Gasteiger partial charge < -0.3 is 9.64 Å². The Balaban J connectivity index is 1.70. The van der Waals surface area contributed by atoms with Crippen molar-refractivity contribution < 1.29 is 4.74 Å². The van der Waals surface area contributed by atoms with Crippen molar-refractivity contribution in [2.24, 2.45) is 0 Å². The Morgan fingerprint density at radius 3 is 3.06 bits per heavy atom. The summed E-state index contributed by atoms with van der Waals surface area (Å²) in [6, 6.07) is 2.03. The molecule has 18 heavy (non-hydrogen) atoms. The highest BCUT2D eigenvalue weighted by atomic mass is 16.5. The summed E-state index contributed by atoms with van der Waals surface area (Å²) in [5.74, 6) is 2.74. The van der Waals surface area contributed by atoms with Crippen LogP contribution in [0.3, 0.4) is 0 Å². The number of piperidine rings is 1. The maximum absolute atomic E-state index is 5.74. The van der Waals surface area contributed by atoms with E-state index in [1.165, 1.54) is 25.7 Å². The second-order valence-electron chi connectivity index (χ2n) is 5.21. The molecule has 1 aromatic heterocycles. The van der Waals surface area contributed by atoms with Crippen molar-refractivity contribution in [1.82, 2.24) is 9.97 Å². The van der Waals surface area contributed by atoms with E-state index in [1.807, 2.05) is 12.3 Å². The van der Waals surface area contributed by atoms with Crippen LogP contribution in [0.4, 0.5) is 5.82 Å². The molecule has 1 atom stereocenters. The first-order valence-corrected chi connectivity index (χ1v) is 7.06. The first-order chi connectivity index (χ1) is 8.86. The maximum atomic E-state index is 5.74. The van der Waals surface area contributed by atoms with Crippen LogP contribution in [0.15, 0.2) is 12.3 Å². The lowest BCUT2D eigenvalue weighted by molar-refractivity contribution is 0.0525. The van der Waals surface area contributed by atoms with Crippen LogP contribution in [0, 0.1) is 0 Å². The van der Waals surface area contributed by atoms with E-state index in [2.05, 4.69) is 16.8 Å². The second-order valence-corrected chi connectivity index (χ2v) is 5.21. The van der Waals surface area contributed by atoms with Crippen LogP contribution >= 0.6 is 0 Å². The molecule has 1 aromatic rings. The number of rotatable bonds is 4. The monoisotopic (exact) mass is 247 g/mol. The first kappa shape index (κ1) is 11.9. The number of hydrogen-bond donors (Lipinski definition) is 0. The van der Waals surface area contributed by atoms with Gasteiger partial charge >= 0.3 is 0 Å². The molecule has 4 heteroatoms. The van der Waals surface area contributed by atoms with Crippen LogP contribution in [0.5, 0.6) is 0 Å². The van der Waals surface area contributed by atoms with E-state index >= 15 is 0 Å². The van der Waals surface area contributed by atoms with Crippen molar-refractivity contribution in [2.75, 3.05) is 24.6 Å². The van der Waals surface area contributed by atoms with Crippen molar-refractivity contribution in [2.45, 2.75) is 44.6 Å². The summed E-state index contributed by atoms with van der Waals surface area (Å²) in [5.41, 5.74) is 0. The number of hydrogen-bond acceptors (Lipinski definition) is 4. The minimum Gasteiger partial charge on any atom is -0.377 e. The van der Waals surface area contributed by atoms with Crippen LogP contribution in [0.1, 0.15) is 44.3 Å². The first-order valence-electron chi connectivity index (χ1n) is 7.06. The second kappa shape index (κ2) is 5.22. The molecule has 0 radical (unpaired) electrons. The Morgan fingerprint density at radius 2 is 2.28 bits per heavy atom. The average molecular weight is 247 g/mol. The predicted octanol–water partition coefficient (Wildman–Crippen LogP) is 2.36. The molecule has 2 aliphatic rings.